The highest BCUT2D eigenvalue weighted by Crippen LogP contribution is 2.32. The Labute approximate surface area is 151 Å². The predicted molar refractivity (Wildman–Crippen MR) is 95.7 cm³/mol. The minimum atomic E-state index is -3.56. The van der Waals surface area contributed by atoms with E-state index in [0.29, 0.717) is 10.2 Å². The zero-order valence-electron chi connectivity index (χ0n) is 12.9. The van der Waals surface area contributed by atoms with Crippen LogP contribution in [0.15, 0.2) is 52.8 Å². The van der Waals surface area contributed by atoms with Crippen molar-refractivity contribution in [2.45, 2.75) is 47.0 Å². The third-order valence-corrected chi connectivity index (χ3v) is 6.98. The van der Waals surface area contributed by atoms with Crippen molar-refractivity contribution >= 4 is 33.4 Å². The molecule has 0 unspecified atom stereocenters. The van der Waals surface area contributed by atoms with E-state index in [-0.39, 0.29) is 16.2 Å². The number of rotatable bonds is 5. The first-order chi connectivity index (χ1) is 11.5. The van der Waals surface area contributed by atoms with E-state index >= 15 is 0 Å². The van der Waals surface area contributed by atoms with E-state index < -0.39 is 10.0 Å². The van der Waals surface area contributed by atoms with Crippen LogP contribution in [0.1, 0.15) is 25.7 Å². The van der Waals surface area contributed by atoms with E-state index in [1.807, 2.05) is 0 Å². The molecule has 1 aromatic heterocycles. The maximum Gasteiger partial charge on any atom is 0.240 e. The highest BCUT2D eigenvalue weighted by atomic mass is 35.5. The lowest BCUT2D eigenvalue weighted by atomic mass is 9.96. The molecule has 8 heteroatoms. The Balaban J connectivity index is 1.74. The van der Waals surface area contributed by atoms with Crippen molar-refractivity contribution in [1.82, 2.24) is 14.7 Å². The number of nitrogens with zero attached hydrogens (tertiary/aromatic N) is 2. The maximum atomic E-state index is 12.6. The zero-order valence-corrected chi connectivity index (χ0v) is 15.3. The molecule has 0 aliphatic heterocycles. The van der Waals surface area contributed by atoms with Crippen LogP contribution >= 0.6 is 23.4 Å². The van der Waals surface area contributed by atoms with Crippen LogP contribution < -0.4 is 4.72 Å². The molecule has 24 heavy (non-hydrogen) atoms. The summed E-state index contributed by atoms with van der Waals surface area (Å²) in [6.07, 6.45) is 7.26. The van der Waals surface area contributed by atoms with E-state index in [9.17, 15) is 8.42 Å². The summed E-state index contributed by atoms with van der Waals surface area (Å²) in [4.78, 5) is 8.70. The van der Waals surface area contributed by atoms with Gasteiger partial charge in [-0.1, -0.05) is 36.2 Å². The van der Waals surface area contributed by atoms with Crippen molar-refractivity contribution in [3.63, 3.8) is 0 Å². The van der Waals surface area contributed by atoms with Gasteiger partial charge in [0.05, 0.1) is 4.90 Å². The highest BCUT2D eigenvalue weighted by molar-refractivity contribution is 7.99. The summed E-state index contributed by atoms with van der Waals surface area (Å²) >= 11 is 7.38. The van der Waals surface area contributed by atoms with Crippen LogP contribution in [-0.4, -0.2) is 29.7 Å². The largest absolute Gasteiger partial charge is 0.240 e. The molecule has 0 amide bonds. The quantitative estimate of drug-likeness (QED) is 0.800. The van der Waals surface area contributed by atoms with E-state index in [2.05, 4.69) is 14.7 Å². The van der Waals surface area contributed by atoms with Crippen LogP contribution in [0, 0.1) is 0 Å². The first-order valence-corrected chi connectivity index (χ1v) is 10.5. The molecule has 5 nitrogen and oxygen atoms in total. The first-order valence-electron chi connectivity index (χ1n) is 7.76. The molecule has 0 bridgehead atoms. The third-order valence-electron chi connectivity index (χ3n) is 3.93. The summed E-state index contributed by atoms with van der Waals surface area (Å²) in [5.74, 6) is 0. The lowest BCUT2D eigenvalue weighted by molar-refractivity contribution is 0.422. The lowest BCUT2D eigenvalue weighted by Gasteiger charge is -2.30. The molecule has 1 aromatic carbocycles. The lowest BCUT2D eigenvalue weighted by Crippen LogP contribution is -2.43. The van der Waals surface area contributed by atoms with Gasteiger partial charge >= 0.3 is 0 Å². The van der Waals surface area contributed by atoms with Crippen molar-refractivity contribution in [2.24, 2.45) is 0 Å². The van der Waals surface area contributed by atoms with Crippen LogP contribution in [0.2, 0.25) is 5.02 Å². The number of benzene rings is 1. The molecule has 0 radical (unpaired) electrons. The second kappa shape index (κ2) is 7.82. The summed E-state index contributed by atoms with van der Waals surface area (Å²) in [6, 6.07) is 7.85. The molecular formula is C16H18ClN3O2S2. The molecule has 1 aliphatic carbocycles. The third kappa shape index (κ3) is 4.47. The molecule has 1 aliphatic rings. The second-order valence-electron chi connectivity index (χ2n) is 5.65. The Morgan fingerprint density at radius 1 is 1.08 bits per heavy atom. The van der Waals surface area contributed by atoms with Gasteiger partial charge in [-0.2, -0.15) is 0 Å². The molecule has 3 rings (SSSR count). The van der Waals surface area contributed by atoms with E-state index in [1.54, 1.807) is 42.4 Å². The fourth-order valence-electron chi connectivity index (χ4n) is 2.74. The Kier molecular flexibility index (Phi) is 5.76. The zero-order chi connectivity index (χ0) is 17.0. The Morgan fingerprint density at radius 2 is 1.75 bits per heavy atom. The average Bonchev–Trinajstić information content (AvgIpc) is 2.58. The summed E-state index contributed by atoms with van der Waals surface area (Å²) in [5.41, 5.74) is 0. The second-order valence-corrected chi connectivity index (χ2v) is 9.01. The van der Waals surface area contributed by atoms with Crippen LogP contribution in [0.4, 0.5) is 0 Å². The highest BCUT2D eigenvalue weighted by Gasteiger charge is 2.30. The molecule has 128 valence electrons. The van der Waals surface area contributed by atoms with Gasteiger partial charge in [0.25, 0.3) is 0 Å². The summed E-state index contributed by atoms with van der Waals surface area (Å²) < 4.78 is 28.1. The molecule has 1 saturated carbocycles. The van der Waals surface area contributed by atoms with E-state index in [1.165, 1.54) is 12.1 Å². The predicted octanol–water partition coefficient (Wildman–Crippen LogP) is 3.51. The van der Waals surface area contributed by atoms with Gasteiger partial charge < -0.3 is 0 Å². The van der Waals surface area contributed by atoms with Gasteiger partial charge in [0.1, 0.15) is 0 Å². The summed E-state index contributed by atoms with van der Waals surface area (Å²) in [5, 5.41) is 1.32. The standard InChI is InChI=1S/C16H18ClN3O2S2/c17-12-6-8-13(9-7-12)24(21,22)20-14-4-1-2-5-15(14)23-16-18-10-3-11-19-16/h3,6-11,14-15,20H,1-2,4-5H2/t14-,15+/m0/s1. The maximum absolute atomic E-state index is 12.6. The molecule has 1 N–H and O–H groups in total. The van der Waals surface area contributed by atoms with Crippen molar-refractivity contribution in [3.8, 4) is 0 Å². The van der Waals surface area contributed by atoms with Gasteiger partial charge in [0.15, 0.2) is 5.16 Å². The van der Waals surface area contributed by atoms with Gasteiger partial charge in [-0.05, 0) is 43.2 Å². The van der Waals surface area contributed by atoms with Crippen molar-refractivity contribution in [2.75, 3.05) is 0 Å². The summed E-state index contributed by atoms with van der Waals surface area (Å²) in [6.45, 7) is 0. The Morgan fingerprint density at radius 3 is 2.46 bits per heavy atom. The van der Waals surface area contributed by atoms with Crippen molar-refractivity contribution in [1.29, 1.82) is 0 Å². The monoisotopic (exact) mass is 383 g/mol. The molecule has 2 aromatic rings. The number of halogens is 1. The number of hydrogen-bond acceptors (Lipinski definition) is 5. The van der Waals surface area contributed by atoms with Gasteiger partial charge in [-0.15, -0.1) is 0 Å². The van der Waals surface area contributed by atoms with Gasteiger partial charge in [0, 0.05) is 28.7 Å². The minimum Gasteiger partial charge on any atom is -0.231 e. The van der Waals surface area contributed by atoms with Gasteiger partial charge in [0.2, 0.25) is 10.0 Å². The number of thioether (sulfide) groups is 1. The number of aromatic nitrogens is 2. The van der Waals surface area contributed by atoms with Crippen LogP contribution in [0.25, 0.3) is 0 Å². The fraction of sp³-hybridized carbons (Fsp3) is 0.375. The van der Waals surface area contributed by atoms with Gasteiger partial charge in [-0.25, -0.2) is 23.1 Å². The molecule has 0 saturated heterocycles. The fourth-order valence-corrected chi connectivity index (χ4v) is 5.43. The van der Waals surface area contributed by atoms with Crippen LogP contribution in [0.5, 0.6) is 0 Å². The Bertz CT molecular complexity index is 770. The topological polar surface area (TPSA) is 72.0 Å². The molecule has 1 heterocycles. The number of nitrogens with one attached hydrogen (secondary N) is 1. The van der Waals surface area contributed by atoms with Crippen molar-refractivity contribution < 1.29 is 8.42 Å². The number of hydrogen-bond donors (Lipinski definition) is 1. The van der Waals surface area contributed by atoms with E-state index in [0.717, 1.165) is 25.7 Å². The van der Waals surface area contributed by atoms with Crippen LogP contribution in [-0.2, 0) is 10.0 Å². The Hall–Kier alpha value is -1.15. The first kappa shape index (κ1) is 17.7. The molecule has 2 atom stereocenters. The van der Waals surface area contributed by atoms with Gasteiger partial charge in [-0.3, -0.25) is 0 Å². The SMILES string of the molecule is O=S(=O)(N[C@H]1CCCC[C@H]1Sc1ncccn1)c1ccc(Cl)cc1. The molecular weight excluding hydrogens is 366 g/mol. The summed E-state index contributed by atoms with van der Waals surface area (Å²) in [7, 11) is -3.56. The average molecular weight is 384 g/mol. The minimum absolute atomic E-state index is 0.128. The number of sulfonamides is 1. The van der Waals surface area contributed by atoms with Crippen molar-refractivity contribution in [3.05, 3.63) is 47.7 Å². The molecule has 1 fully saturated rings. The smallest absolute Gasteiger partial charge is 0.231 e. The normalized spacial score (nSPS) is 21.5. The van der Waals surface area contributed by atoms with Crippen LogP contribution in [0.3, 0.4) is 0 Å². The molecule has 0 spiro atoms. The van der Waals surface area contributed by atoms with E-state index in [4.69, 9.17) is 11.6 Å².